The van der Waals surface area contributed by atoms with Crippen LogP contribution in [0, 0.1) is 5.82 Å². The fourth-order valence-electron chi connectivity index (χ4n) is 1.66. The lowest BCUT2D eigenvalue weighted by molar-refractivity contribution is 0.461. The van der Waals surface area contributed by atoms with Crippen LogP contribution in [0.5, 0.6) is 0 Å². The molecule has 0 saturated heterocycles. The maximum absolute atomic E-state index is 13.0. The number of pyridine rings is 1. The molecule has 0 bridgehead atoms. The van der Waals surface area contributed by atoms with Crippen LogP contribution in [0.2, 0.25) is 0 Å². The number of sulfonamides is 1. The molecule has 1 aromatic heterocycles. The summed E-state index contributed by atoms with van der Waals surface area (Å²) in [6, 6.07) is 8.77. The molecule has 20 heavy (non-hydrogen) atoms. The minimum absolute atomic E-state index is 0.0253. The summed E-state index contributed by atoms with van der Waals surface area (Å²) in [6.07, 6.45) is 1.60. The topological polar surface area (TPSA) is 50.3 Å². The normalized spacial score (nSPS) is 11.8. The molecule has 4 nitrogen and oxygen atoms in total. The van der Waals surface area contributed by atoms with Gasteiger partial charge in [-0.25, -0.2) is 12.8 Å². The Balaban J connectivity index is 2.30. The first kappa shape index (κ1) is 15.1. The third-order valence-electron chi connectivity index (χ3n) is 2.69. The summed E-state index contributed by atoms with van der Waals surface area (Å²) in [5, 5.41) is 0. The Morgan fingerprint density at radius 1 is 1.30 bits per heavy atom. The lowest BCUT2D eigenvalue weighted by Gasteiger charge is -2.17. The molecular formula is C13H12BrFN2O2S. The van der Waals surface area contributed by atoms with Gasteiger partial charge in [0.25, 0.3) is 0 Å². The molecule has 0 N–H and O–H groups in total. The zero-order valence-electron chi connectivity index (χ0n) is 10.6. The van der Waals surface area contributed by atoms with Crippen molar-refractivity contribution < 1.29 is 12.8 Å². The molecule has 0 unspecified atom stereocenters. The summed E-state index contributed by atoms with van der Waals surface area (Å²) in [7, 11) is -2.25. The van der Waals surface area contributed by atoms with Crippen LogP contribution in [0.25, 0.3) is 0 Å². The van der Waals surface area contributed by atoms with E-state index < -0.39 is 15.8 Å². The second-order valence-corrected chi connectivity index (χ2v) is 7.02. The van der Waals surface area contributed by atoms with Crippen molar-refractivity contribution in [3.05, 3.63) is 58.6 Å². The van der Waals surface area contributed by atoms with E-state index >= 15 is 0 Å². The van der Waals surface area contributed by atoms with Gasteiger partial charge in [-0.1, -0.05) is 6.07 Å². The summed E-state index contributed by atoms with van der Waals surface area (Å²) in [4.78, 5) is 4.11. The second kappa shape index (κ2) is 5.99. The van der Waals surface area contributed by atoms with Crippen molar-refractivity contribution in [3.63, 3.8) is 0 Å². The molecule has 1 aromatic carbocycles. The van der Waals surface area contributed by atoms with Crippen molar-refractivity contribution in [1.82, 2.24) is 9.29 Å². The van der Waals surface area contributed by atoms with Crippen LogP contribution in [0.15, 0.2) is 52.0 Å². The van der Waals surface area contributed by atoms with Gasteiger partial charge in [-0.15, -0.1) is 0 Å². The molecule has 7 heteroatoms. The SMILES string of the molecule is CN(Cc1ccccn1)S(=O)(=O)c1ccc(F)cc1Br. The van der Waals surface area contributed by atoms with Gasteiger partial charge in [0.2, 0.25) is 10.0 Å². The van der Waals surface area contributed by atoms with Gasteiger partial charge < -0.3 is 0 Å². The third-order valence-corrected chi connectivity index (χ3v) is 5.47. The Labute approximate surface area is 125 Å². The van der Waals surface area contributed by atoms with E-state index in [0.29, 0.717) is 5.69 Å². The largest absolute Gasteiger partial charge is 0.260 e. The Hall–Kier alpha value is -1.31. The van der Waals surface area contributed by atoms with Crippen molar-refractivity contribution in [3.8, 4) is 0 Å². The fourth-order valence-corrected chi connectivity index (χ4v) is 3.80. The number of halogens is 2. The van der Waals surface area contributed by atoms with Crippen LogP contribution in [-0.4, -0.2) is 24.8 Å². The molecular weight excluding hydrogens is 347 g/mol. The van der Waals surface area contributed by atoms with Gasteiger partial charge in [0.15, 0.2) is 0 Å². The molecule has 0 spiro atoms. The highest BCUT2D eigenvalue weighted by Crippen LogP contribution is 2.25. The first-order chi connectivity index (χ1) is 9.41. The molecule has 2 aromatic rings. The predicted molar refractivity (Wildman–Crippen MR) is 77.0 cm³/mol. The first-order valence-electron chi connectivity index (χ1n) is 5.72. The van der Waals surface area contributed by atoms with E-state index in [1.807, 2.05) is 0 Å². The van der Waals surface area contributed by atoms with Crippen molar-refractivity contribution in [1.29, 1.82) is 0 Å². The minimum atomic E-state index is -3.70. The predicted octanol–water partition coefficient (Wildman–Crippen LogP) is 2.80. The number of nitrogens with zero attached hydrogens (tertiary/aromatic N) is 2. The Morgan fingerprint density at radius 2 is 2.05 bits per heavy atom. The van der Waals surface area contributed by atoms with Crippen LogP contribution in [0.1, 0.15) is 5.69 Å². The highest BCUT2D eigenvalue weighted by atomic mass is 79.9. The molecule has 0 fully saturated rings. The summed E-state index contributed by atoms with van der Waals surface area (Å²) in [5.41, 5.74) is 0.636. The zero-order chi connectivity index (χ0) is 14.8. The van der Waals surface area contributed by atoms with Crippen molar-refractivity contribution in [2.24, 2.45) is 0 Å². The lowest BCUT2D eigenvalue weighted by Crippen LogP contribution is -2.27. The van der Waals surface area contributed by atoms with Gasteiger partial charge in [-0.2, -0.15) is 4.31 Å². The molecule has 0 aliphatic heterocycles. The van der Waals surface area contributed by atoms with E-state index in [0.717, 1.165) is 12.1 Å². The second-order valence-electron chi connectivity index (χ2n) is 4.16. The van der Waals surface area contributed by atoms with E-state index in [1.165, 1.54) is 17.4 Å². The molecule has 106 valence electrons. The molecule has 1 heterocycles. The van der Waals surface area contributed by atoms with Gasteiger partial charge >= 0.3 is 0 Å². The van der Waals surface area contributed by atoms with Crippen LogP contribution in [0.4, 0.5) is 4.39 Å². The van der Waals surface area contributed by atoms with Gasteiger partial charge in [-0.3, -0.25) is 4.98 Å². The minimum Gasteiger partial charge on any atom is -0.260 e. The van der Waals surface area contributed by atoms with Crippen LogP contribution >= 0.6 is 15.9 Å². The standard InChI is InChI=1S/C13H12BrFN2O2S/c1-17(9-11-4-2-3-7-16-11)20(18,19)13-6-5-10(15)8-12(13)14/h2-8H,9H2,1H3. The molecule has 0 amide bonds. The lowest BCUT2D eigenvalue weighted by atomic mass is 10.3. The highest BCUT2D eigenvalue weighted by molar-refractivity contribution is 9.10. The van der Waals surface area contributed by atoms with Gasteiger partial charge in [-0.05, 0) is 46.3 Å². The number of hydrogen-bond donors (Lipinski definition) is 0. The maximum atomic E-state index is 13.0. The molecule has 0 radical (unpaired) electrons. The van der Waals surface area contributed by atoms with Gasteiger partial charge in [0.1, 0.15) is 5.82 Å². The highest BCUT2D eigenvalue weighted by Gasteiger charge is 2.24. The average Bonchev–Trinajstić information content (AvgIpc) is 2.39. The Bertz CT molecular complexity index is 708. The monoisotopic (exact) mass is 358 g/mol. The molecule has 0 saturated carbocycles. The number of rotatable bonds is 4. The molecule has 0 aliphatic carbocycles. The van der Waals surface area contributed by atoms with E-state index in [4.69, 9.17) is 0 Å². The summed E-state index contributed by atoms with van der Waals surface area (Å²) < 4.78 is 39.2. The maximum Gasteiger partial charge on any atom is 0.244 e. The first-order valence-corrected chi connectivity index (χ1v) is 7.96. The zero-order valence-corrected chi connectivity index (χ0v) is 13.0. The Morgan fingerprint density at radius 3 is 2.65 bits per heavy atom. The van der Waals surface area contributed by atoms with E-state index in [-0.39, 0.29) is 15.9 Å². The summed E-state index contributed by atoms with van der Waals surface area (Å²) in [5.74, 6) is -0.497. The van der Waals surface area contributed by atoms with Crippen molar-refractivity contribution in [2.45, 2.75) is 11.4 Å². The van der Waals surface area contributed by atoms with Crippen LogP contribution in [-0.2, 0) is 16.6 Å². The van der Waals surface area contributed by atoms with Crippen molar-refractivity contribution >= 4 is 26.0 Å². The van der Waals surface area contributed by atoms with Crippen LogP contribution < -0.4 is 0 Å². The molecule has 2 rings (SSSR count). The van der Waals surface area contributed by atoms with Gasteiger partial charge in [0.05, 0.1) is 17.1 Å². The van der Waals surface area contributed by atoms with Crippen LogP contribution in [0.3, 0.4) is 0 Å². The fraction of sp³-hybridized carbons (Fsp3) is 0.154. The average molecular weight is 359 g/mol. The molecule has 0 aliphatic rings. The van der Waals surface area contributed by atoms with Gasteiger partial charge in [0, 0.05) is 17.7 Å². The van der Waals surface area contributed by atoms with E-state index in [2.05, 4.69) is 20.9 Å². The van der Waals surface area contributed by atoms with E-state index in [1.54, 1.807) is 24.4 Å². The number of aromatic nitrogens is 1. The smallest absolute Gasteiger partial charge is 0.244 e. The summed E-state index contributed by atoms with van der Waals surface area (Å²) >= 11 is 3.08. The number of hydrogen-bond acceptors (Lipinski definition) is 3. The van der Waals surface area contributed by atoms with Crippen molar-refractivity contribution in [2.75, 3.05) is 7.05 Å². The molecule has 0 atom stereocenters. The van der Waals surface area contributed by atoms with E-state index in [9.17, 15) is 12.8 Å². The quantitative estimate of drug-likeness (QED) is 0.844. The number of benzene rings is 1. The summed E-state index contributed by atoms with van der Waals surface area (Å²) in [6.45, 7) is 0.146. The third kappa shape index (κ3) is 3.23. The Kier molecular flexibility index (Phi) is 4.52.